The molecule has 3 N–H and O–H groups in total. The number of rotatable bonds is 3. The van der Waals surface area contributed by atoms with Crippen molar-refractivity contribution in [2.45, 2.75) is 32.2 Å². The van der Waals surface area contributed by atoms with Crippen molar-refractivity contribution in [2.24, 2.45) is 5.92 Å². The first-order valence-corrected chi connectivity index (χ1v) is 11.7. The lowest BCUT2D eigenvalue weighted by Crippen LogP contribution is -2.31. The SMILES string of the molecule is Cc1ccc(NC(=O)c2cccc3c2NC(c2cc(Cl)cc(Cl)c2O)C2CC=CC32)cc1C. The lowest BCUT2D eigenvalue weighted by Gasteiger charge is -2.38. The van der Waals surface area contributed by atoms with E-state index in [-0.39, 0.29) is 34.6 Å². The van der Waals surface area contributed by atoms with Crippen molar-refractivity contribution >= 4 is 40.5 Å². The Morgan fingerprint density at radius 1 is 1.06 bits per heavy atom. The second-order valence-corrected chi connectivity index (χ2v) is 9.67. The Bertz CT molecular complexity index is 1300. The van der Waals surface area contributed by atoms with Crippen molar-refractivity contribution in [3.63, 3.8) is 0 Å². The van der Waals surface area contributed by atoms with Gasteiger partial charge < -0.3 is 15.7 Å². The number of amides is 1. The van der Waals surface area contributed by atoms with Crippen molar-refractivity contribution < 1.29 is 9.90 Å². The number of nitrogens with one attached hydrogen (secondary N) is 2. The molecule has 0 aromatic heterocycles. The minimum absolute atomic E-state index is 0.0183. The number of aryl methyl sites for hydroxylation is 2. The standard InChI is InChI=1S/C27H24Cl2N2O2/c1-14-9-10-17(11-15(14)2)30-27(33)21-8-4-7-19-18-5-3-6-20(18)25(31-24(19)21)22-12-16(28)13-23(29)26(22)32/h3-5,7-13,18,20,25,31-32H,6H2,1-2H3,(H,30,33). The molecule has 4 nitrogen and oxygen atoms in total. The molecule has 3 unspecified atom stereocenters. The van der Waals surface area contributed by atoms with Gasteiger partial charge in [-0.1, -0.05) is 53.6 Å². The molecule has 0 fully saturated rings. The molecule has 2 aliphatic rings. The summed E-state index contributed by atoms with van der Waals surface area (Å²) in [6.07, 6.45) is 5.19. The third kappa shape index (κ3) is 3.88. The fourth-order valence-electron chi connectivity index (χ4n) is 4.96. The van der Waals surface area contributed by atoms with Crippen LogP contribution in [0.5, 0.6) is 5.75 Å². The Morgan fingerprint density at radius 2 is 1.88 bits per heavy atom. The summed E-state index contributed by atoms with van der Waals surface area (Å²) in [7, 11) is 0. The molecule has 6 heteroatoms. The zero-order valence-corrected chi connectivity index (χ0v) is 19.8. The van der Waals surface area contributed by atoms with Crippen LogP contribution in [0.15, 0.2) is 60.7 Å². The first-order valence-electron chi connectivity index (χ1n) is 11.0. The van der Waals surface area contributed by atoms with E-state index in [0.29, 0.717) is 16.1 Å². The number of phenolic OH excluding ortho intramolecular Hbond substituents is 1. The fraction of sp³-hybridized carbons (Fsp3) is 0.222. The molecule has 33 heavy (non-hydrogen) atoms. The number of carbonyl (C=O) groups excluding carboxylic acids is 1. The van der Waals surface area contributed by atoms with Crippen molar-refractivity contribution in [1.82, 2.24) is 0 Å². The molecular formula is C27H24Cl2N2O2. The van der Waals surface area contributed by atoms with E-state index < -0.39 is 0 Å². The summed E-state index contributed by atoms with van der Waals surface area (Å²) < 4.78 is 0. The fourth-order valence-corrected chi connectivity index (χ4v) is 5.47. The Morgan fingerprint density at radius 3 is 2.67 bits per heavy atom. The van der Waals surface area contributed by atoms with Gasteiger partial charge in [0.1, 0.15) is 5.75 Å². The number of halogens is 2. The predicted molar refractivity (Wildman–Crippen MR) is 135 cm³/mol. The van der Waals surface area contributed by atoms with E-state index in [9.17, 15) is 9.90 Å². The zero-order chi connectivity index (χ0) is 23.3. The van der Waals surface area contributed by atoms with Gasteiger partial charge in [0.15, 0.2) is 0 Å². The third-order valence-electron chi connectivity index (χ3n) is 6.80. The van der Waals surface area contributed by atoms with Gasteiger partial charge in [-0.2, -0.15) is 0 Å². The predicted octanol–water partition coefficient (Wildman–Crippen LogP) is 7.39. The number of carbonyl (C=O) groups is 1. The quantitative estimate of drug-likeness (QED) is 0.343. The Hall–Kier alpha value is -2.95. The van der Waals surface area contributed by atoms with Crippen molar-refractivity contribution in [3.05, 3.63) is 98.5 Å². The van der Waals surface area contributed by atoms with Gasteiger partial charge in [0.2, 0.25) is 0 Å². The highest BCUT2D eigenvalue weighted by Crippen LogP contribution is 2.52. The molecule has 3 atom stereocenters. The summed E-state index contributed by atoms with van der Waals surface area (Å²) in [5.41, 5.74) is 6.09. The number of phenols is 1. The second kappa shape index (κ2) is 8.44. The summed E-state index contributed by atoms with van der Waals surface area (Å²) in [6, 6.07) is 14.7. The molecular weight excluding hydrogens is 455 g/mol. The first kappa shape index (κ1) is 21.9. The van der Waals surface area contributed by atoms with Crippen LogP contribution in [0.4, 0.5) is 11.4 Å². The van der Waals surface area contributed by atoms with Crippen molar-refractivity contribution in [2.75, 3.05) is 10.6 Å². The number of hydrogen-bond acceptors (Lipinski definition) is 3. The molecule has 1 amide bonds. The normalized spacial score (nSPS) is 20.7. The van der Waals surface area contributed by atoms with Gasteiger partial charge in [0.05, 0.1) is 22.3 Å². The number of fused-ring (bicyclic) bond motifs is 3. The number of para-hydroxylation sites is 1. The van der Waals surface area contributed by atoms with Crippen LogP contribution in [-0.2, 0) is 0 Å². The van der Waals surface area contributed by atoms with E-state index in [1.165, 1.54) is 11.6 Å². The average molecular weight is 479 g/mol. The topological polar surface area (TPSA) is 61.4 Å². The van der Waals surface area contributed by atoms with Gasteiger partial charge >= 0.3 is 0 Å². The molecule has 0 saturated heterocycles. The second-order valence-electron chi connectivity index (χ2n) is 8.82. The van der Waals surface area contributed by atoms with Gasteiger partial charge in [-0.15, -0.1) is 0 Å². The van der Waals surface area contributed by atoms with Crippen LogP contribution in [0.25, 0.3) is 0 Å². The third-order valence-corrected chi connectivity index (χ3v) is 7.31. The Labute approximate surface area is 203 Å². The molecule has 1 heterocycles. The van der Waals surface area contributed by atoms with Crippen molar-refractivity contribution in [1.29, 1.82) is 0 Å². The number of allylic oxidation sites excluding steroid dienone is 2. The lowest BCUT2D eigenvalue weighted by atomic mass is 9.76. The summed E-state index contributed by atoms with van der Waals surface area (Å²) in [4.78, 5) is 13.3. The first-order chi connectivity index (χ1) is 15.8. The van der Waals surface area contributed by atoms with E-state index in [4.69, 9.17) is 23.2 Å². The van der Waals surface area contributed by atoms with E-state index in [1.54, 1.807) is 6.07 Å². The molecule has 0 bridgehead atoms. The molecule has 1 aliphatic heterocycles. The number of benzene rings is 3. The van der Waals surface area contributed by atoms with Crippen LogP contribution in [0, 0.1) is 19.8 Å². The monoisotopic (exact) mass is 478 g/mol. The molecule has 168 valence electrons. The maximum atomic E-state index is 13.3. The van der Waals surface area contributed by atoms with Gasteiger partial charge in [0.25, 0.3) is 5.91 Å². The zero-order valence-electron chi connectivity index (χ0n) is 18.3. The summed E-state index contributed by atoms with van der Waals surface area (Å²) in [6.45, 7) is 4.07. The Kier molecular flexibility index (Phi) is 5.59. The van der Waals surface area contributed by atoms with Gasteiger partial charge in [0, 0.05) is 22.2 Å². The summed E-state index contributed by atoms with van der Waals surface area (Å²) in [5.74, 6) is 0.133. The summed E-state index contributed by atoms with van der Waals surface area (Å²) in [5, 5.41) is 18.0. The highest BCUT2D eigenvalue weighted by molar-refractivity contribution is 6.35. The van der Waals surface area contributed by atoms with Gasteiger partial charge in [-0.3, -0.25) is 4.79 Å². The van der Waals surface area contributed by atoms with Crippen LogP contribution in [0.3, 0.4) is 0 Å². The van der Waals surface area contributed by atoms with Crippen molar-refractivity contribution in [3.8, 4) is 5.75 Å². The van der Waals surface area contributed by atoms with E-state index in [1.807, 2.05) is 44.2 Å². The number of anilines is 2. The average Bonchev–Trinajstić information content (AvgIpc) is 3.28. The van der Waals surface area contributed by atoms with E-state index in [0.717, 1.165) is 28.9 Å². The highest BCUT2D eigenvalue weighted by Gasteiger charge is 2.40. The lowest BCUT2D eigenvalue weighted by molar-refractivity contribution is 0.102. The maximum Gasteiger partial charge on any atom is 0.257 e. The number of aromatic hydroxyl groups is 1. The summed E-state index contributed by atoms with van der Waals surface area (Å²) >= 11 is 12.5. The molecule has 3 aromatic rings. The molecule has 0 radical (unpaired) electrons. The van der Waals surface area contributed by atoms with Crippen LogP contribution >= 0.6 is 23.2 Å². The largest absolute Gasteiger partial charge is 0.506 e. The van der Waals surface area contributed by atoms with Crippen LogP contribution in [0.2, 0.25) is 10.0 Å². The van der Waals surface area contributed by atoms with E-state index in [2.05, 4.69) is 28.9 Å². The van der Waals surface area contributed by atoms with Crippen LogP contribution in [0.1, 0.15) is 51.0 Å². The van der Waals surface area contributed by atoms with Crippen LogP contribution < -0.4 is 10.6 Å². The molecule has 1 aliphatic carbocycles. The van der Waals surface area contributed by atoms with Gasteiger partial charge in [-0.05, 0) is 73.2 Å². The molecule has 0 spiro atoms. The maximum absolute atomic E-state index is 13.3. The molecule has 5 rings (SSSR count). The van der Waals surface area contributed by atoms with Crippen LogP contribution in [-0.4, -0.2) is 11.0 Å². The Balaban J connectivity index is 1.55. The molecule has 0 saturated carbocycles. The van der Waals surface area contributed by atoms with E-state index >= 15 is 0 Å². The van der Waals surface area contributed by atoms with Gasteiger partial charge in [-0.25, -0.2) is 0 Å². The minimum atomic E-state index is -0.246. The molecule has 3 aromatic carbocycles. The smallest absolute Gasteiger partial charge is 0.257 e. The highest BCUT2D eigenvalue weighted by atomic mass is 35.5. The number of hydrogen-bond donors (Lipinski definition) is 3. The minimum Gasteiger partial charge on any atom is -0.506 e.